The number of carbonyl (C=O) groups is 2. The van der Waals surface area contributed by atoms with E-state index in [9.17, 15) is 9.59 Å². The van der Waals surface area contributed by atoms with Crippen LogP contribution in [0.2, 0.25) is 5.15 Å². The summed E-state index contributed by atoms with van der Waals surface area (Å²) in [6.07, 6.45) is 0.417. The summed E-state index contributed by atoms with van der Waals surface area (Å²) in [5, 5.41) is 3.41. The summed E-state index contributed by atoms with van der Waals surface area (Å²) in [5.41, 5.74) is 0.0192. The second-order valence-electron chi connectivity index (χ2n) is 7.73. The van der Waals surface area contributed by atoms with Crippen LogP contribution in [0.3, 0.4) is 0 Å². The summed E-state index contributed by atoms with van der Waals surface area (Å²) in [7, 11) is 1.28. The second kappa shape index (κ2) is 8.29. The molecule has 0 radical (unpaired) electrons. The zero-order chi connectivity index (χ0) is 20.4. The van der Waals surface area contributed by atoms with Crippen LogP contribution in [0.15, 0.2) is 0 Å². The van der Waals surface area contributed by atoms with Gasteiger partial charge in [-0.25, -0.2) is 19.6 Å². The van der Waals surface area contributed by atoms with Crippen LogP contribution in [0.25, 0.3) is 0 Å². The van der Waals surface area contributed by atoms with Crippen molar-refractivity contribution in [2.24, 2.45) is 5.92 Å². The van der Waals surface area contributed by atoms with Gasteiger partial charge in [0.1, 0.15) is 5.60 Å². The first-order chi connectivity index (χ1) is 12.5. The quantitative estimate of drug-likeness (QED) is 0.780. The van der Waals surface area contributed by atoms with Crippen LogP contribution >= 0.6 is 11.6 Å². The monoisotopic (exact) mass is 398 g/mol. The molecule has 1 fully saturated rings. The van der Waals surface area contributed by atoms with Gasteiger partial charge in [-0.3, -0.25) is 0 Å². The number of hydrogen-bond donors (Lipinski definition) is 1. The molecule has 0 aromatic carbocycles. The molecule has 1 amide bonds. The zero-order valence-electron chi connectivity index (χ0n) is 16.6. The lowest BCUT2D eigenvalue weighted by Gasteiger charge is -2.38. The highest BCUT2D eigenvalue weighted by atomic mass is 35.5. The van der Waals surface area contributed by atoms with Gasteiger partial charge in [-0.05, 0) is 40.0 Å². The highest BCUT2D eigenvalue weighted by molar-refractivity contribution is 6.31. The van der Waals surface area contributed by atoms with E-state index >= 15 is 0 Å². The number of anilines is 1. The van der Waals surface area contributed by atoms with E-state index in [-0.39, 0.29) is 28.9 Å². The van der Waals surface area contributed by atoms with Gasteiger partial charge < -0.3 is 19.7 Å². The molecule has 0 saturated carbocycles. The normalized spacial score (nSPS) is 20.2. The minimum atomic E-state index is -0.576. The van der Waals surface area contributed by atoms with Crippen molar-refractivity contribution in [2.45, 2.75) is 52.7 Å². The molecule has 1 aliphatic heterocycles. The Morgan fingerprint density at radius 1 is 1.30 bits per heavy atom. The van der Waals surface area contributed by atoms with E-state index in [1.165, 1.54) is 7.11 Å². The number of rotatable bonds is 3. The van der Waals surface area contributed by atoms with Crippen molar-refractivity contribution in [3.8, 4) is 0 Å². The number of ether oxygens (including phenoxy) is 2. The van der Waals surface area contributed by atoms with Crippen LogP contribution < -0.4 is 5.32 Å². The van der Waals surface area contributed by atoms with Crippen molar-refractivity contribution in [3.63, 3.8) is 0 Å². The summed E-state index contributed by atoms with van der Waals surface area (Å²) in [5.74, 6) is 0.00148. The van der Waals surface area contributed by atoms with Crippen molar-refractivity contribution < 1.29 is 19.1 Å². The van der Waals surface area contributed by atoms with Crippen LogP contribution in [-0.2, 0) is 9.47 Å². The molecule has 1 N–H and O–H groups in total. The first-order valence-electron chi connectivity index (χ1n) is 8.88. The predicted octanol–water partition coefficient (Wildman–Crippen LogP) is 3.28. The number of amides is 1. The highest BCUT2D eigenvalue weighted by Gasteiger charge is 2.32. The van der Waals surface area contributed by atoms with Gasteiger partial charge in [0.05, 0.1) is 12.8 Å². The van der Waals surface area contributed by atoms with E-state index in [0.717, 1.165) is 6.42 Å². The largest absolute Gasteiger partial charge is 0.464 e. The van der Waals surface area contributed by atoms with Crippen molar-refractivity contribution in [1.29, 1.82) is 0 Å². The Kier molecular flexibility index (Phi) is 6.51. The van der Waals surface area contributed by atoms with Gasteiger partial charge in [-0.2, -0.15) is 0 Å². The minimum absolute atomic E-state index is 0.0684. The maximum Gasteiger partial charge on any atom is 0.410 e. The summed E-state index contributed by atoms with van der Waals surface area (Å²) in [4.78, 5) is 34.1. The first-order valence-corrected chi connectivity index (χ1v) is 9.26. The number of esters is 1. The molecule has 1 aliphatic rings. The van der Waals surface area contributed by atoms with E-state index in [1.54, 1.807) is 11.8 Å². The number of likely N-dealkylation sites (tertiary alicyclic amines) is 1. The number of piperidine rings is 1. The van der Waals surface area contributed by atoms with E-state index < -0.39 is 11.6 Å². The number of carbonyl (C=O) groups excluding carboxylic acids is 2. The number of methoxy groups -OCH3 is 1. The number of nitrogens with zero attached hydrogens (tertiary/aromatic N) is 3. The Balaban J connectivity index is 2.04. The lowest BCUT2D eigenvalue weighted by atomic mass is 9.94. The maximum absolute atomic E-state index is 12.2. The van der Waals surface area contributed by atoms with Crippen molar-refractivity contribution in [2.75, 3.05) is 25.5 Å². The summed E-state index contributed by atoms with van der Waals surface area (Å²) < 4.78 is 10.1. The smallest absolute Gasteiger partial charge is 0.410 e. The molecular formula is C18H27ClN4O4. The van der Waals surface area contributed by atoms with E-state index in [0.29, 0.717) is 24.6 Å². The third-order valence-electron chi connectivity index (χ3n) is 4.29. The summed E-state index contributed by atoms with van der Waals surface area (Å²) in [6.45, 7) is 10.4. The molecule has 0 unspecified atom stereocenters. The number of aromatic nitrogens is 2. The van der Waals surface area contributed by atoms with Gasteiger partial charge in [0.25, 0.3) is 0 Å². The minimum Gasteiger partial charge on any atom is -0.464 e. The Morgan fingerprint density at radius 3 is 2.52 bits per heavy atom. The van der Waals surface area contributed by atoms with Gasteiger partial charge in [-0.1, -0.05) is 18.5 Å². The molecule has 1 saturated heterocycles. The fourth-order valence-electron chi connectivity index (χ4n) is 2.91. The number of nitrogens with one attached hydrogen (secondary N) is 1. The molecule has 2 heterocycles. The SMILES string of the molecule is COC(=O)c1nc(Cl)c(N[C@@H]2CCN(C(=O)OC(C)(C)C)C[C@H]2C)nc1C. The third kappa shape index (κ3) is 5.45. The van der Waals surface area contributed by atoms with Gasteiger partial charge in [-0.15, -0.1) is 0 Å². The Hall–Kier alpha value is -2.09. The fraction of sp³-hybridized carbons (Fsp3) is 0.667. The van der Waals surface area contributed by atoms with E-state index in [1.807, 2.05) is 27.7 Å². The molecule has 9 heteroatoms. The molecule has 2 atom stereocenters. The van der Waals surface area contributed by atoms with Crippen molar-refractivity contribution in [1.82, 2.24) is 14.9 Å². The van der Waals surface area contributed by atoms with Gasteiger partial charge in [0.15, 0.2) is 16.7 Å². The van der Waals surface area contributed by atoms with Gasteiger partial charge in [0.2, 0.25) is 0 Å². The molecule has 2 rings (SSSR count). The van der Waals surface area contributed by atoms with Gasteiger partial charge >= 0.3 is 12.1 Å². The average Bonchev–Trinajstić information content (AvgIpc) is 2.57. The van der Waals surface area contributed by atoms with E-state index in [4.69, 9.17) is 16.3 Å². The Morgan fingerprint density at radius 2 is 1.96 bits per heavy atom. The average molecular weight is 399 g/mol. The molecule has 8 nitrogen and oxygen atoms in total. The number of aryl methyl sites for hydroxylation is 1. The standard InChI is InChI=1S/C18H27ClN4O4/c1-10-9-23(17(25)27-18(3,4)5)8-7-12(10)21-15-14(19)22-13(11(2)20-15)16(24)26-6/h10,12H,7-9H2,1-6H3,(H,20,21)/t10-,12-/m1/s1. The maximum atomic E-state index is 12.2. The lowest BCUT2D eigenvalue weighted by molar-refractivity contribution is 0.0164. The Labute approximate surface area is 164 Å². The second-order valence-corrected chi connectivity index (χ2v) is 8.09. The van der Waals surface area contributed by atoms with Gasteiger partial charge in [0, 0.05) is 19.1 Å². The number of halogens is 1. The van der Waals surface area contributed by atoms with Crippen molar-refractivity contribution >= 4 is 29.5 Å². The fourth-order valence-corrected chi connectivity index (χ4v) is 3.09. The van der Waals surface area contributed by atoms with Crippen LogP contribution in [0.5, 0.6) is 0 Å². The molecule has 0 bridgehead atoms. The predicted molar refractivity (Wildman–Crippen MR) is 102 cm³/mol. The molecule has 27 heavy (non-hydrogen) atoms. The third-order valence-corrected chi connectivity index (χ3v) is 4.55. The lowest BCUT2D eigenvalue weighted by Crippen LogP contribution is -2.49. The van der Waals surface area contributed by atoms with Crippen LogP contribution in [0.1, 0.15) is 50.3 Å². The molecular weight excluding hydrogens is 372 g/mol. The topological polar surface area (TPSA) is 93.7 Å². The molecule has 1 aromatic heterocycles. The first kappa shape index (κ1) is 21.2. The Bertz CT molecular complexity index is 720. The molecule has 150 valence electrons. The van der Waals surface area contributed by atoms with Crippen LogP contribution in [0, 0.1) is 12.8 Å². The van der Waals surface area contributed by atoms with Crippen LogP contribution in [0.4, 0.5) is 10.6 Å². The number of hydrogen-bond acceptors (Lipinski definition) is 7. The summed E-state index contributed by atoms with van der Waals surface area (Å²) >= 11 is 6.19. The summed E-state index contributed by atoms with van der Waals surface area (Å²) in [6, 6.07) is 0.0684. The highest BCUT2D eigenvalue weighted by Crippen LogP contribution is 2.26. The van der Waals surface area contributed by atoms with Crippen molar-refractivity contribution in [3.05, 3.63) is 16.5 Å². The zero-order valence-corrected chi connectivity index (χ0v) is 17.4. The molecule has 1 aromatic rings. The molecule has 0 aliphatic carbocycles. The molecule has 0 spiro atoms. The van der Waals surface area contributed by atoms with Crippen LogP contribution in [-0.4, -0.2) is 58.8 Å². The van der Waals surface area contributed by atoms with E-state index in [2.05, 4.69) is 20.0 Å².